The highest BCUT2D eigenvalue weighted by Gasteiger charge is 2.25. The lowest BCUT2D eigenvalue weighted by Gasteiger charge is -2.33. The van der Waals surface area contributed by atoms with Gasteiger partial charge in [0, 0.05) is 8.41 Å². The fourth-order valence-corrected chi connectivity index (χ4v) is 2.55. The lowest BCUT2D eigenvalue weighted by Crippen LogP contribution is -2.21. The Kier molecular flexibility index (Phi) is 4.71. The van der Waals surface area contributed by atoms with E-state index in [0.717, 1.165) is 5.66 Å². The first-order chi connectivity index (χ1) is 4.64. The molecule has 3 radical (unpaired) electrons. The van der Waals surface area contributed by atoms with Gasteiger partial charge in [-0.2, -0.15) is 0 Å². The molecule has 0 heterocycles. The van der Waals surface area contributed by atoms with Crippen molar-refractivity contribution in [2.75, 3.05) is 6.66 Å². The van der Waals surface area contributed by atoms with Crippen LogP contribution in [0.4, 0.5) is 0 Å². The van der Waals surface area contributed by atoms with Gasteiger partial charge in [-0.15, -0.1) is 8.58 Å². The van der Waals surface area contributed by atoms with E-state index in [1.807, 2.05) is 0 Å². The summed E-state index contributed by atoms with van der Waals surface area (Å²) in [5, 5.41) is 0. The van der Waals surface area contributed by atoms with E-state index in [0.29, 0.717) is 5.41 Å². The molecule has 1 atom stereocenters. The van der Waals surface area contributed by atoms with E-state index >= 15 is 0 Å². The van der Waals surface area contributed by atoms with Crippen LogP contribution in [0.2, 0.25) is 0 Å². The highest BCUT2D eigenvalue weighted by atomic mass is 31.1. The summed E-state index contributed by atoms with van der Waals surface area (Å²) in [4.78, 5) is 0. The Morgan fingerprint density at radius 2 is 1.64 bits per heavy atom. The Morgan fingerprint density at radius 3 is 2.00 bits per heavy atom. The van der Waals surface area contributed by atoms with Crippen molar-refractivity contribution in [1.82, 2.24) is 0 Å². The van der Waals surface area contributed by atoms with Gasteiger partial charge in [-0.25, -0.2) is 0 Å². The van der Waals surface area contributed by atoms with Crippen molar-refractivity contribution < 1.29 is 0 Å². The van der Waals surface area contributed by atoms with Gasteiger partial charge >= 0.3 is 0 Å². The van der Waals surface area contributed by atoms with Gasteiger partial charge in [0.05, 0.1) is 0 Å². The number of rotatable bonds is 1. The maximum Gasteiger partial charge on any atom is 0 e. The summed E-state index contributed by atoms with van der Waals surface area (Å²) < 4.78 is 0. The van der Waals surface area contributed by atoms with Crippen molar-refractivity contribution in [2.45, 2.75) is 45.2 Å². The van der Waals surface area contributed by atoms with Crippen LogP contribution >= 0.6 is 8.58 Å². The third-order valence-corrected chi connectivity index (χ3v) is 4.14. The molecule has 1 unspecified atom stereocenters. The quantitative estimate of drug-likeness (QED) is 0.418. The Bertz CT molecular complexity index is 102. The molecule has 1 fully saturated rings. The lowest BCUT2D eigenvalue weighted by molar-refractivity contribution is 0.249. The maximum atomic E-state index is 2.40. The zero-order valence-electron chi connectivity index (χ0n) is 7.98. The second kappa shape index (κ2) is 4.50. The van der Waals surface area contributed by atoms with Crippen LogP contribution in [0.1, 0.15) is 39.5 Å². The Hall–Kier alpha value is 0.495. The minimum Gasteiger partial charge on any atom is -0.122 e. The molecular weight excluding hydrogens is 150 g/mol. The van der Waals surface area contributed by atoms with Crippen LogP contribution in [-0.4, -0.2) is 20.7 Å². The molecule has 63 valence electrons. The summed E-state index contributed by atoms with van der Waals surface area (Å²) in [5.74, 6) is 0. The van der Waals surface area contributed by atoms with Gasteiger partial charge in [0.2, 0.25) is 0 Å². The fourth-order valence-electron chi connectivity index (χ4n) is 1.69. The molecule has 0 nitrogen and oxygen atoms in total. The van der Waals surface area contributed by atoms with Gasteiger partial charge < -0.3 is 0 Å². The van der Waals surface area contributed by atoms with Gasteiger partial charge in [0.15, 0.2) is 0 Å². The predicted molar refractivity (Wildman–Crippen MR) is 56.0 cm³/mol. The topological polar surface area (TPSA) is 0 Å². The fraction of sp³-hybridized carbons (Fsp3) is 1.00. The monoisotopic (exact) mass is 169 g/mol. The maximum absolute atomic E-state index is 2.40. The molecule has 0 aromatic rings. The first-order valence-corrected chi connectivity index (χ1v) is 5.89. The number of hydrogen-bond donors (Lipinski definition) is 0. The average molecular weight is 169 g/mol. The van der Waals surface area contributed by atoms with Crippen LogP contribution in [0.25, 0.3) is 0 Å². The van der Waals surface area contributed by atoms with E-state index in [2.05, 4.69) is 20.5 Å². The predicted octanol–water partition coefficient (Wildman–Crippen LogP) is 2.88. The molecule has 1 aliphatic carbocycles. The van der Waals surface area contributed by atoms with Crippen molar-refractivity contribution in [1.29, 1.82) is 0 Å². The summed E-state index contributed by atoms with van der Waals surface area (Å²) in [6.07, 6.45) is 5.89. The zero-order valence-corrected chi connectivity index (χ0v) is 8.98. The summed E-state index contributed by atoms with van der Waals surface area (Å²) in [7, 11) is 1.18. The lowest BCUT2D eigenvalue weighted by atomic mass is 9.77. The SMILES string of the molecule is CPC1CCC(C)(C)CC1.[B]. The van der Waals surface area contributed by atoms with Gasteiger partial charge in [-0.05, 0) is 43.4 Å². The second-order valence-electron chi connectivity index (χ2n) is 4.23. The smallest absolute Gasteiger partial charge is 0 e. The first-order valence-electron chi connectivity index (χ1n) is 4.31. The highest BCUT2D eigenvalue weighted by Crippen LogP contribution is 2.40. The van der Waals surface area contributed by atoms with Crippen molar-refractivity contribution in [3.63, 3.8) is 0 Å². The molecule has 1 saturated carbocycles. The van der Waals surface area contributed by atoms with E-state index in [-0.39, 0.29) is 8.41 Å². The Morgan fingerprint density at radius 1 is 1.18 bits per heavy atom. The molecule has 1 aliphatic rings. The van der Waals surface area contributed by atoms with Gasteiger partial charge in [0.1, 0.15) is 0 Å². The summed E-state index contributed by atoms with van der Waals surface area (Å²) in [6.45, 7) is 7.16. The minimum atomic E-state index is 0. The third kappa shape index (κ3) is 3.60. The van der Waals surface area contributed by atoms with Crippen molar-refractivity contribution in [3.05, 3.63) is 0 Å². The van der Waals surface area contributed by atoms with E-state index in [4.69, 9.17) is 0 Å². The van der Waals surface area contributed by atoms with Gasteiger partial charge in [0.25, 0.3) is 0 Å². The summed E-state index contributed by atoms with van der Waals surface area (Å²) in [5.41, 5.74) is 1.74. The normalized spacial score (nSPS) is 25.4. The standard InChI is InChI=1S/C9H19P.B/c1-9(2)6-4-8(10-3)5-7-9;/h8,10H,4-7H2,1-3H3;. The molecule has 0 saturated heterocycles. The molecule has 1 rings (SSSR count). The molecule has 0 amide bonds. The Labute approximate surface area is 74.9 Å². The molecule has 11 heavy (non-hydrogen) atoms. The van der Waals surface area contributed by atoms with Crippen LogP contribution < -0.4 is 0 Å². The van der Waals surface area contributed by atoms with Crippen LogP contribution in [-0.2, 0) is 0 Å². The molecule has 2 heteroatoms. The van der Waals surface area contributed by atoms with Crippen LogP contribution in [0.5, 0.6) is 0 Å². The minimum absolute atomic E-state index is 0. The number of hydrogen-bond acceptors (Lipinski definition) is 0. The van der Waals surface area contributed by atoms with Crippen molar-refractivity contribution in [3.8, 4) is 0 Å². The summed E-state index contributed by atoms with van der Waals surface area (Å²) in [6, 6.07) is 0. The summed E-state index contributed by atoms with van der Waals surface area (Å²) >= 11 is 0. The van der Waals surface area contributed by atoms with Crippen LogP contribution in [0.15, 0.2) is 0 Å². The van der Waals surface area contributed by atoms with Crippen LogP contribution in [0.3, 0.4) is 0 Å². The molecule has 0 aromatic heterocycles. The van der Waals surface area contributed by atoms with E-state index in [1.165, 1.54) is 34.3 Å². The van der Waals surface area contributed by atoms with Gasteiger partial charge in [-0.3, -0.25) is 0 Å². The highest BCUT2D eigenvalue weighted by molar-refractivity contribution is 7.37. The molecule has 0 aliphatic heterocycles. The molecule has 0 aromatic carbocycles. The largest absolute Gasteiger partial charge is 0.122 e. The molecular formula is C9H19BP. The third-order valence-electron chi connectivity index (χ3n) is 2.75. The Balaban J connectivity index is 0.000001000. The van der Waals surface area contributed by atoms with E-state index in [9.17, 15) is 0 Å². The van der Waals surface area contributed by atoms with Gasteiger partial charge in [-0.1, -0.05) is 13.8 Å². The van der Waals surface area contributed by atoms with Crippen molar-refractivity contribution in [2.24, 2.45) is 5.41 Å². The first kappa shape index (κ1) is 11.5. The zero-order chi connectivity index (χ0) is 7.61. The van der Waals surface area contributed by atoms with Crippen LogP contribution in [0, 0.1) is 5.41 Å². The van der Waals surface area contributed by atoms with Crippen molar-refractivity contribution >= 4 is 17.0 Å². The molecule has 0 bridgehead atoms. The molecule has 0 spiro atoms. The molecule has 0 N–H and O–H groups in total. The van der Waals surface area contributed by atoms with E-state index < -0.39 is 0 Å². The average Bonchev–Trinajstić information content (AvgIpc) is 1.88. The van der Waals surface area contributed by atoms with E-state index in [1.54, 1.807) is 0 Å². The second-order valence-corrected chi connectivity index (χ2v) is 5.62.